The second-order valence-electron chi connectivity index (χ2n) is 9.26. The van der Waals surface area contributed by atoms with E-state index in [9.17, 15) is 34.5 Å². The summed E-state index contributed by atoms with van der Waals surface area (Å²) in [4.78, 5) is 50.5. The Morgan fingerprint density at radius 1 is 0.919 bits per heavy atom. The van der Waals surface area contributed by atoms with Crippen LogP contribution in [-0.2, 0) is 25.6 Å². The fourth-order valence-corrected chi connectivity index (χ4v) is 3.58. The number of phenolic OH excluding ortho intramolecular Hbond substituents is 1. The summed E-state index contributed by atoms with van der Waals surface area (Å²) in [6, 6.07) is 1.43. The number of carboxylic acids is 1. The lowest BCUT2D eigenvalue weighted by molar-refractivity contribution is -0.145. The Morgan fingerprint density at radius 3 is 2.03 bits per heavy atom. The van der Waals surface area contributed by atoms with Gasteiger partial charge >= 0.3 is 5.97 Å². The Labute approximate surface area is 217 Å². The molecule has 3 amide bonds. The monoisotopic (exact) mass is 523 g/mol. The number of hydrogen-bond donors (Lipinski definition) is 8. The van der Waals surface area contributed by atoms with Crippen molar-refractivity contribution >= 4 is 23.7 Å². The average molecular weight is 524 g/mol. The average Bonchev–Trinajstić information content (AvgIpc) is 2.85. The van der Waals surface area contributed by atoms with Crippen molar-refractivity contribution in [3.05, 3.63) is 29.8 Å². The maximum Gasteiger partial charge on any atom is 0.328 e. The summed E-state index contributed by atoms with van der Waals surface area (Å²) in [5.41, 5.74) is 12.1. The van der Waals surface area contributed by atoms with Gasteiger partial charge in [0.25, 0.3) is 0 Å². The molecule has 0 spiro atoms. The number of carboxylic acid groups (broad SMARTS) is 1. The molecular weight excluding hydrogens is 482 g/mol. The number of aliphatic hydroxyl groups excluding tert-OH is 1. The van der Waals surface area contributed by atoms with Crippen LogP contribution < -0.4 is 27.4 Å². The number of carbonyl (C=O) groups excluding carboxylic acids is 3. The summed E-state index contributed by atoms with van der Waals surface area (Å²) >= 11 is 0. The van der Waals surface area contributed by atoms with Crippen LogP contribution >= 0.6 is 0 Å². The van der Waals surface area contributed by atoms with Gasteiger partial charge in [0.05, 0.1) is 12.1 Å². The molecule has 208 valence electrons. The first kappa shape index (κ1) is 31.8. The summed E-state index contributed by atoms with van der Waals surface area (Å²) in [6.45, 7) is 5.22. The first-order valence-electron chi connectivity index (χ1n) is 12.5. The van der Waals surface area contributed by atoms with Crippen LogP contribution in [0.25, 0.3) is 0 Å². The minimum Gasteiger partial charge on any atom is -0.508 e. The maximum atomic E-state index is 13.3. The van der Waals surface area contributed by atoms with Crippen molar-refractivity contribution in [3.8, 4) is 5.75 Å². The van der Waals surface area contributed by atoms with Crippen molar-refractivity contribution in [1.29, 1.82) is 0 Å². The van der Waals surface area contributed by atoms with Crippen molar-refractivity contribution in [3.63, 3.8) is 0 Å². The van der Waals surface area contributed by atoms with Crippen LogP contribution in [0.15, 0.2) is 24.3 Å². The van der Waals surface area contributed by atoms with Gasteiger partial charge in [-0.15, -0.1) is 0 Å². The molecule has 6 unspecified atom stereocenters. The topological polar surface area (TPSA) is 217 Å². The quantitative estimate of drug-likeness (QED) is 0.129. The highest BCUT2D eigenvalue weighted by Crippen LogP contribution is 2.14. The summed E-state index contributed by atoms with van der Waals surface area (Å²) in [7, 11) is 0. The van der Waals surface area contributed by atoms with E-state index in [1.165, 1.54) is 19.1 Å². The number of aliphatic hydroxyl groups is 1. The molecule has 0 bridgehead atoms. The molecule has 0 saturated heterocycles. The van der Waals surface area contributed by atoms with Gasteiger partial charge in [-0.1, -0.05) is 38.8 Å². The predicted molar refractivity (Wildman–Crippen MR) is 137 cm³/mol. The molecule has 0 aliphatic rings. The SMILES string of the molecule is CCC(C)C(NC(=O)C(Cc1ccc(O)cc1)NC(=O)C(N)CCCCN)C(=O)NC(C(=O)O)C(C)O. The first-order valence-corrected chi connectivity index (χ1v) is 12.5. The van der Waals surface area contributed by atoms with E-state index >= 15 is 0 Å². The Hall–Kier alpha value is -3.22. The summed E-state index contributed by atoms with van der Waals surface area (Å²) < 4.78 is 0. The Bertz CT molecular complexity index is 894. The van der Waals surface area contributed by atoms with Crippen LogP contribution in [-0.4, -0.2) is 75.8 Å². The molecule has 1 aromatic carbocycles. The fraction of sp³-hybridized carbons (Fsp3) is 0.600. The van der Waals surface area contributed by atoms with E-state index in [2.05, 4.69) is 16.0 Å². The lowest BCUT2D eigenvalue weighted by Gasteiger charge is -2.28. The lowest BCUT2D eigenvalue weighted by Crippen LogP contribution is -2.60. The highest BCUT2D eigenvalue weighted by atomic mass is 16.4. The zero-order valence-corrected chi connectivity index (χ0v) is 21.6. The van der Waals surface area contributed by atoms with E-state index in [1.807, 2.05) is 0 Å². The minimum absolute atomic E-state index is 0.0373. The van der Waals surface area contributed by atoms with E-state index < -0.39 is 59.9 Å². The molecule has 0 aliphatic heterocycles. The number of nitrogens with one attached hydrogen (secondary N) is 3. The molecule has 12 nitrogen and oxygen atoms in total. The number of unbranched alkanes of at least 4 members (excludes halogenated alkanes) is 1. The standard InChI is InChI=1S/C25H41N5O7/c1-4-14(2)20(24(35)30-21(15(3)31)25(36)37)29-23(34)19(13-16-8-10-17(32)11-9-16)28-22(33)18(27)7-5-6-12-26/h8-11,14-15,18-21,31-32H,4-7,12-13,26-27H2,1-3H3,(H,28,33)(H,29,34)(H,30,35)(H,36,37). The van der Waals surface area contributed by atoms with Gasteiger partial charge in [0, 0.05) is 6.42 Å². The third kappa shape index (κ3) is 10.7. The van der Waals surface area contributed by atoms with E-state index in [0.29, 0.717) is 37.8 Å². The number of nitrogens with two attached hydrogens (primary N) is 2. The molecule has 0 heterocycles. The Morgan fingerprint density at radius 2 is 1.51 bits per heavy atom. The number of rotatable bonds is 16. The minimum atomic E-state index is -1.56. The molecule has 12 heteroatoms. The van der Waals surface area contributed by atoms with E-state index in [4.69, 9.17) is 11.5 Å². The van der Waals surface area contributed by atoms with E-state index in [1.54, 1.807) is 26.0 Å². The van der Waals surface area contributed by atoms with Crippen LogP contribution in [0.1, 0.15) is 52.0 Å². The molecule has 6 atom stereocenters. The predicted octanol–water partition coefficient (Wildman–Crippen LogP) is -0.643. The number of carbonyl (C=O) groups is 4. The van der Waals surface area contributed by atoms with Crippen LogP contribution in [0.4, 0.5) is 0 Å². The largest absolute Gasteiger partial charge is 0.508 e. The molecule has 1 aromatic rings. The van der Waals surface area contributed by atoms with Gasteiger partial charge in [-0.2, -0.15) is 0 Å². The summed E-state index contributed by atoms with van der Waals surface area (Å²) in [5, 5.41) is 36.1. The Balaban J connectivity index is 3.13. The normalized spacial score (nSPS) is 15.9. The summed E-state index contributed by atoms with van der Waals surface area (Å²) in [6.07, 6.45) is 0.888. The zero-order chi connectivity index (χ0) is 28.1. The van der Waals surface area contributed by atoms with Gasteiger partial charge in [0.2, 0.25) is 17.7 Å². The van der Waals surface area contributed by atoms with Gasteiger partial charge < -0.3 is 42.7 Å². The van der Waals surface area contributed by atoms with Crippen molar-refractivity contribution in [2.75, 3.05) is 6.54 Å². The van der Waals surface area contributed by atoms with Crippen molar-refractivity contribution < 1.29 is 34.5 Å². The molecule has 0 aliphatic carbocycles. The zero-order valence-electron chi connectivity index (χ0n) is 21.6. The number of hydrogen-bond acceptors (Lipinski definition) is 8. The van der Waals surface area contributed by atoms with Crippen LogP contribution in [0, 0.1) is 5.92 Å². The molecule has 1 rings (SSSR count). The van der Waals surface area contributed by atoms with E-state index in [-0.39, 0.29) is 12.2 Å². The molecule has 0 radical (unpaired) electrons. The third-order valence-electron chi connectivity index (χ3n) is 6.15. The number of amides is 3. The number of benzene rings is 1. The van der Waals surface area contributed by atoms with Crippen molar-refractivity contribution in [1.82, 2.24) is 16.0 Å². The highest BCUT2D eigenvalue weighted by Gasteiger charge is 2.34. The number of phenols is 1. The van der Waals surface area contributed by atoms with Gasteiger partial charge in [-0.3, -0.25) is 14.4 Å². The maximum absolute atomic E-state index is 13.3. The van der Waals surface area contributed by atoms with Crippen molar-refractivity contribution in [2.45, 2.75) is 83.1 Å². The molecule has 10 N–H and O–H groups in total. The van der Waals surface area contributed by atoms with Gasteiger partial charge in [-0.25, -0.2) is 4.79 Å². The Kier molecular flexibility index (Phi) is 13.6. The molecule has 0 fully saturated rings. The van der Waals surface area contributed by atoms with Gasteiger partial charge in [0.15, 0.2) is 6.04 Å². The highest BCUT2D eigenvalue weighted by molar-refractivity contribution is 5.94. The molecule has 0 aromatic heterocycles. The number of aromatic hydroxyl groups is 1. The van der Waals surface area contributed by atoms with Gasteiger partial charge in [0.1, 0.15) is 17.8 Å². The molecule has 0 saturated carbocycles. The van der Waals surface area contributed by atoms with Crippen LogP contribution in [0.2, 0.25) is 0 Å². The van der Waals surface area contributed by atoms with Crippen LogP contribution in [0.3, 0.4) is 0 Å². The van der Waals surface area contributed by atoms with E-state index in [0.717, 1.165) is 0 Å². The second-order valence-corrected chi connectivity index (χ2v) is 9.26. The van der Waals surface area contributed by atoms with Crippen LogP contribution in [0.5, 0.6) is 5.75 Å². The van der Waals surface area contributed by atoms with Gasteiger partial charge in [-0.05, 0) is 49.9 Å². The molecular formula is C25H41N5O7. The molecule has 37 heavy (non-hydrogen) atoms. The smallest absolute Gasteiger partial charge is 0.328 e. The fourth-order valence-electron chi connectivity index (χ4n) is 3.58. The second kappa shape index (κ2) is 15.8. The summed E-state index contributed by atoms with van der Waals surface area (Å²) in [5.74, 6) is -3.75. The number of aliphatic carboxylic acids is 1. The lowest BCUT2D eigenvalue weighted by atomic mass is 9.96. The first-order chi connectivity index (χ1) is 17.4. The third-order valence-corrected chi connectivity index (χ3v) is 6.15. The van der Waals surface area contributed by atoms with Crippen molar-refractivity contribution in [2.24, 2.45) is 17.4 Å².